The molecule has 1 rings (SSSR count). The van der Waals surface area contributed by atoms with Crippen LogP contribution in [0.1, 0.15) is 6.42 Å². The van der Waals surface area contributed by atoms with Gasteiger partial charge in [-0.05, 0) is 18.2 Å². The van der Waals surface area contributed by atoms with Gasteiger partial charge in [0.2, 0.25) is 0 Å². The van der Waals surface area contributed by atoms with Gasteiger partial charge in [0.25, 0.3) is 0 Å². The lowest BCUT2D eigenvalue weighted by molar-refractivity contribution is -0.146. The number of rotatable bonds is 5. The lowest BCUT2D eigenvalue weighted by atomic mass is 10.2. The summed E-state index contributed by atoms with van der Waals surface area (Å²) < 4.78 is 13.9. The Hall–Kier alpha value is -1.67. The molecule has 0 spiro atoms. The number of anilines is 1. The number of carbonyl (C=O) groups excluding carboxylic acids is 1. The molecule has 0 unspecified atom stereocenters. The molecule has 19 heavy (non-hydrogen) atoms. The Morgan fingerprint density at radius 3 is 2.74 bits per heavy atom. The van der Waals surface area contributed by atoms with E-state index in [2.05, 4.69) is 26.6 Å². The Morgan fingerprint density at radius 1 is 1.42 bits per heavy atom. The van der Waals surface area contributed by atoms with Crippen LogP contribution >= 0.6 is 15.9 Å². The van der Waals surface area contributed by atoms with E-state index in [1.165, 1.54) is 18.2 Å². The van der Waals surface area contributed by atoms with Crippen LogP contribution in [0.3, 0.4) is 0 Å². The summed E-state index contributed by atoms with van der Waals surface area (Å²) in [6, 6.07) is 3.38. The molecule has 0 aliphatic rings. The van der Waals surface area contributed by atoms with E-state index in [-0.39, 0.29) is 18.7 Å². The third kappa shape index (κ3) is 5.23. The molecule has 4 N–H and O–H groups in total. The van der Waals surface area contributed by atoms with Gasteiger partial charge in [-0.2, -0.15) is 0 Å². The lowest BCUT2D eigenvalue weighted by Gasteiger charge is -2.09. The van der Waals surface area contributed by atoms with Crippen molar-refractivity contribution in [2.24, 2.45) is 0 Å². The first kappa shape index (κ1) is 15.4. The Balaban J connectivity index is 2.43. The third-order valence-electron chi connectivity index (χ3n) is 2.16. The molecule has 0 bridgehead atoms. The van der Waals surface area contributed by atoms with Crippen molar-refractivity contribution in [3.8, 4) is 0 Å². The zero-order valence-corrected chi connectivity index (χ0v) is 11.3. The lowest BCUT2D eigenvalue weighted by Crippen LogP contribution is -2.33. The molecule has 1 aromatic carbocycles. The number of aliphatic hydroxyl groups excluding tert-OH is 1. The topological polar surface area (TPSA) is 98.7 Å². The molecule has 2 amide bonds. The van der Waals surface area contributed by atoms with E-state index in [0.717, 1.165) is 0 Å². The predicted molar refractivity (Wildman–Crippen MR) is 69.4 cm³/mol. The SMILES string of the molecule is O=C(NCC[C@H](O)C(=O)O)Nc1cc(Br)ccc1F. The van der Waals surface area contributed by atoms with Crippen molar-refractivity contribution in [1.82, 2.24) is 5.32 Å². The number of aliphatic hydroxyl groups is 1. The molecule has 0 aromatic heterocycles. The largest absolute Gasteiger partial charge is 0.479 e. The van der Waals surface area contributed by atoms with Gasteiger partial charge in [0.05, 0.1) is 5.69 Å². The minimum absolute atomic E-state index is 0.00865. The van der Waals surface area contributed by atoms with Gasteiger partial charge in [0.15, 0.2) is 6.10 Å². The average Bonchev–Trinajstić information content (AvgIpc) is 2.33. The molecule has 0 fully saturated rings. The van der Waals surface area contributed by atoms with Crippen molar-refractivity contribution in [3.05, 3.63) is 28.5 Å². The van der Waals surface area contributed by atoms with E-state index in [9.17, 15) is 14.0 Å². The molecule has 0 saturated heterocycles. The number of nitrogens with one attached hydrogen (secondary N) is 2. The fourth-order valence-corrected chi connectivity index (χ4v) is 1.57. The standard InChI is InChI=1S/C11H12BrFN2O4/c12-6-1-2-7(13)8(5-6)15-11(19)14-4-3-9(16)10(17)18/h1-2,5,9,16H,3-4H2,(H,17,18)(H2,14,15,19)/t9-/m0/s1. The quantitative estimate of drug-likeness (QED) is 0.656. The van der Waals surface area contributed by atoms with Crippen LogP contribution in [-0.4, -0.2) is 34.9 Å². The number of benzene rings is 1. The first-order chi connectivity index (χ1) is 8.90. The molecule has 0 heterocycles. The maximum absolute atomic E-state index is 13.3. The molecular weight excluding hydrogens is 323 g/mol. The van der Waals surface area contributed by atoms with Gasteiger partial charge in [-0.1, -0.05) is 15.9 Å². The summed E-state index contributed by atoms with van der Waals surface area (Å²) >= 11 is 3.14. The number of urea groups is 1. The minimum atomic E-state index is -1.54. The number of aliphatic carboxylic acids is 1. The van der Waals surface area contributed by atoms with Gasteiger partial charge >= 0.3 is 12.0 Å². The van der Waals surface area contributed by atoms with Crippen LogP contribution < -0.4 is 10.6 Å². The van der Waals surface area contributed by atoms with Crippen molar-refractivity contribution in [1.29, 1.82) is 0 Å². The van der Waals surface area contributed by atoms with Crippen LogP contribution in [0.25, 0.3) is 0 Å². The summed E-state index contributed by atoms with van der Waals surface area (Å²) in [6.45, 7) is -0.0467. The summed E-state index contributed by atoms with van der Waals surface area (Å²) in [4.78, 5) is 21.7. The smallest absolute Gasteiger partial charge is 0.332 e. The van der Waals surface area contributed by atoms with Gasteiger partial charge in [-0.15, -0.1) is 0 Å². The molecule has 8 heteroatoms. The van der Waals surface area contributed by atoms with Crippen LogP contribution in [-0.2, 0) is 4.79 Å². The fourth-order valence-electron chi connectivity index (χ4n) is 1.21. The number of amides is 2. The second-order valence-corrected chi connectivity index (χ2v) is 4.56. The molecule has 6 nitrogen and oxygen atoms in total. The monoisotopic (exact) mass is 334 g/mol. The third-order valence-corrected chi connectivity index (χ3v) is 2.66. The van der Waals surface area contributed by atoms with Crippen molar-refractivity contribution in [2.75, 3.05) is 11.9 Å². The van der Waals surface area contributed by atoms with E-state index < -0.39 is 23.9 Å². The van der Waals surface area contributed by atoms with E-state index in [1.54, 1.807) is 0 Å². The van der Waals surface area contributed by atoms with Gasteiger partial charge in [-0.25, -0.2) is 14.0 Å². The van der Waals surface area contributed by atoms with Gasteiger partial charge in [0.1, 0.15) is 5.82 Å². The van der Waals surface area contributed by atoms with E-state index >= 15 is 0 Å². The number of carboxylic acids is 1. The Bertz CT molecular complexity index is 484. The van der Waals surface area contributed by atoms with Gasteiger partial charge in [-0.3, -0.25) is 0 Å². The summed E-state index contributed by atoms with van der Waals surface area (Å²) in [5.41, 5.74) is -0.00865. The van der Waals surface area contributed by atoms with E-state index in [0.29, 0.717) is 4.47 Å². The Kier molecular flexibility index (Phi) is 5.71. The van der Waals surface area contributed by atoms with Gasteiger partial charge in [0, 0.05) is 17.4 Å². The van der Waals surface area contributed by atoms with Crippen molar-refractivity contribution in [3.63, 3.8) is 0 Å². The summed E-state index contributed by atoms with van der Waals surface area (Å²) in [5, 5.41) is 22.0. The zero-order valence-electron chi connectivity index (χ0n) is 9.69. The minimum Gasteiger partial charge on any atom is -0.479 e. The number of hydrogen-bond donors (Lipinski definition) is 4. The van der Waals surface area contributed by atoms with E-state index in [4.69, 9.17) is 10.2 Å². The van der Waals surface area contributed by atoms with E-state index in [1.807, 2.05) is 0 Å². The highest BCUT2D eigenvalue weighted by molar-refractivity contribution is 9.10. The van der Waals surface area contributed by atoms with Crippen LogP contribution in [0, 0.1) is 5.82 Å². The highest BCUT2D eigenvalue weighted by Gasteiger charge is 2.13. The summed E-state index contributed by atoms with van der Waals surface area (Å²) in [5.74, 6) is -1.95. The molecule has 1 aromatic rings. The first-order valence-corrected chi connectivity index (χ1v) is 6.10. The summed E-state index contributed by atoms with van der Waals surface area (Å²) in [7, 11) is 0. The predicted octanol–water partition coefficient (Wildman–Crippen LogP) is 1.55. The molecular formula is C11H12BrFN2O4. The fraction of sp³-hybridized carbons (Fsp3) is 0.273. The average molecular weight is 335 g/mol. The second-order valence-electron chi connectivity index (χ2n) is 3.65. The first-order valence-electron chi connectivity index (χ1n) is 5.31. The van der Waals surface area contributed by atoms with Crippen LogP contribution in [0.5, 0.6) is 0 Å². The van der Waals surface area contributed by atoms with Crippen LogP contribution in [0.2, 0.25) is 0 Å². The number of hydrogen-bond acceptors (Lipinski definition) is 3. The van der Waals surface area contributed by atoms with Crippen LogP contribution in [0.4, 0.5) is 14.9 Å². The van der Waals surface area contributed by atoms with Crippen molar-refractivity contribution in [2.45, 2.75) is 12.5 Å². The normalized spacial score (nSPS) is 11.7. The molecule has 0 radical (unpaired) electrons. The Morgan fingerprint density at radius 2 is 2.11 bits per heavy atom. The van der Waals surface area contributed by atoms with Crippen LogP contribution in [0.15, 0.2) is 22.7 Å². The molecule has 0 aliphatic carbocycles. The number of halogens is 2. The maximum Gasteiger partial charge on any atom is 0.332 e. The van der Waals surface area contributed by atoms with Crippen molar-refractivity contribution < 1.29 is 24.2 Å². The Labute approximate surface area is 116 Å². The second kappa shape index (κ2) is 7.05. The summed E-state index contributed by atoms with van der Waals surface area (Å²) in [6.07, 6.45) is -1.67. The van der Waals surface area contributed by atoms with Gasteiger partial charge < -0.3 is 20.8 Å². The maximum atomic E-state index is 13.3. The molecule has 1 atom stereocenters. The molecule has 0 saturated carbocycles. The van der Waals surface area contributed by atoms with Crippen molar-refractivity contribution >= 4 is 33.6 Å². The molecule has 0 aliphatic heterocycles. The number of carboxylic acid groups (broad SMARTS) is 1. The number of carbonyl (C=O) groups is 2. The highest BCUT2D eigenvalue weighted by Crippen LogP contribution is 2.19. The highest BCUT2D eigenvalue weighted by atomic mass is 79.9. The molecule has 104 valence electrons. The zero-order chi connectivity index (χ0) is 14.4.